The Bertz CT molecular complexity index is 174. The van der Waals surface area contributed by atoms with E-state index >= 15 is 0 Å². The summed E-state index contributed by atoms with van der Waals surface area (Å²) in [5.41, 5.74) is 0.622. The van der Waals surface area contributed by atoms with Gasteiger partial charge in [-0.2, -0.15) is 0 Å². The first-order valence-electron chi connectivity index (χ1n) is 5.83. The van der Waals surface area contributed by atoms with Gasteiger partial charge in [-0.1, -0.05) is 20.3 Å². The van der Waals surface area contributed by atoms with Crippen LogP contribution in [0.1, 0.15) is 52.9 Å². The van der Waals surface area contributed by atoms with Crippen molar-refractivity contribution in [2.75, 3.05) is 0 Å². The van der Waals surface area contributed by atoms with Crippen molar-refractivity contribution in [3.63, 3.8) is 0 Å². The second kappa shape index (κ2) is 3.27. The van der Waals surface area contributed by atoms with Crippen molar-refractivity contribution in [3.8, 4) is 0 Å². The summed E-state index contributed by atoms with van der Waals surface area (Å²) in [7, 11) is 0. The van der Waals surface area contributed by atoms with Gasteiger partial charge in [-0.15, -0.1) is 0 Å². The summed E-state index contributed by atoms with van der Waals surface area (Å²) in [5.74, 6) is 0.990. The summed E-state index contributed by atoms with van der Waals surface area (Å²) >= 11 is 0. The predicted molar refractivity (Wildman–Crippen MR) is 56.7 cm³/mol. The topological polar surface area (TPSA) is 12.0 Å². The minimum Gasteiger partial charge on any atom is -0.311 e. The van der Waals surface area contributed by atoms with E-state index in [1.807, 2.05) is 0 Å². The van der Waals surface area contributed by atoms with Crippen LogP contribution in [0.4, 0.5) is 0 Å². The van der Waals surface area contributed by atoms with Gasteiger partial charge in [-0.05, 0) is 43.9 Å². The molecule has 1 atom stereocenters. The largest absolute Gasteiger partial charge is 0.311 e. The van der Waals surface area contributed by atoms with Crippen molar-refractivity contribution in [2.24, 2.45) is 11.3 Å². The summed E-state index contributed by atoms with van der Waals surface area (Å²) in [4.78, 5) is 0. The van der Waals surface area contributed by atoms with E-state index in [-0.39, 0.29) is 0 Å². The van der Waals surface area contributed by atoms with Crippen LogP contribution in [-0.4, -0.2) is 12.1 Å². The highest BCUT2D eigenvalue weighted by molar-refractivity contribution is 4.94. The van der Waals surface area contributed by atoms with E-state index in [1.165, 1.54) is 32.1 Å². The molecule has 1 unspecified atom stereocenters. The van der Waals surface area contributed by atoms with E-state index < -0.39 is 0 Å². The molecule has 0 aromatic heterocycles. The minimum atomic E-state index is 0.622. The maximum Gasteiger partial charge on any atom is 0.00798 e. The van der Waals surface area contributed by atoms with E-state index in [0.717, 1.165) is 18.0 Å². The van der Waals surface area contributed by atoms with Gasteiger partial charge in [0.2, 0.25) is 0 Å². The van der Waals surface area contributed by atoms with Gasteiger partial charge in [0.1, 0.15) is 0 Å². The molecule has 0 heterocycles. The second-order valence-electron chi connectivity index (χ2n) is 5.92. The third-order valence-electron chi connectivity index (χ3n) is 3.95. The van der Waals surface area contributed by atoms with Gasteiger partial charge in [-0.25, -0.2) is 0 Å². The zero-order valence-corrected chi connectivity index (χ0v) is 9.27. The van der Waals surface area contributed by atoms with Gasteiger partial charge in [0.25, 0.3) is 0 Å². The van der Waals surface area contributed by atoms with Crippen molar-refractivity contribution in [1.29, 1.82) is 0 Å². The van der Waals surface area contributed by atoms with Crippen LogP contribution in [-0.2, 0) is 0 Å². The van der Waals surface area contributed by atoms with Gasteiger partial charge in [0, 0.05) is 12.1 Å². The molecule has 1 N–H and O–H groups in total. The van der Waals surface area contributed by atoms with Crippen LogP contribution in [0.5, 0.6) is 0 Å². The van der Waals surface area contributed by atoms with E-state index in [2.05, 4.69) is 26.1 Å². The van der Waals surface area contributed by atoms with Gasteiger partial charge >= 0.3 is 0 Å². The Morgan fingerprint density at radius 2 is 1.85 bits per heavy atom. The third-order valence-corrected chi connectivity index (χ3v) is 3.95. The molecule has 1 heteroatoms. The summed E-state index contributed by atoms with van der Waals surface area (Å²) in [6, 6.07) is 1.60. The van der Waals surface area contributed by atoms with Crippen LogP contribution in [0.2, 0.25) is 0 Å². The molecule has 0 radical (unpaired) electrons. The molecule has 0 amide bonds. The van der Waals surface area contributed by atoms with E-state index in [4.69, 9.17) is 0 Å². The fourth-order valence-electron chi connectivity index (χ4n) is 2.84. The Kier molecular flexibility index (Phi) is 2.39. The average molecular weight is 181 g/mol. The molecule has 2 fully saturated rings. The average Bonchev–Trinajstić information content (AvgIpc) is 1.77. The summed E-state index contributed by atoms with van der Waals surface area (Å²) < 4.78 is 0. The second-order valence-corrected chi connectivity index (χ2v) is 5.92. The Hall–Kier alpha value is -0.0400. The first kappa shape index (κ1) is 9.51. The normalized spacial score (nSPS) is 30.7. The molecule has 2 rings (SSSR count). The molecule has 0 aromatic rings. The minimum absolute atomic E-state index is 0.622. The molecule has 2 aliphatic rings. The molecule has 0 spiro atoms. The number of rotatable bonds is 3. The van der Waals surface area contributed by atoms with Gasteiger partial charge in [0.05, 0.1) is 0 Å². The highest BCUT2D eigenvalue weighted by Crippen LogP contribution is 2.41. The summed E-state index contributed by atoms with van der Waals surface area (Å²) in [6.45, 7) is 7.12. The first-order valence-corrected chi connectivity index (χ1v) is 5.83. The lowest BCUT2D eigenvalue weighted by Gasteiger charge is -2.46. The lowest BCUT2D eigenvalue weighted by molar-refractivity contribution is 0.0993. The maximum atomic E-state index is 3.77. The number of hydrogen-bond donors (Lipinski definition) is 1. The molecular weight excluding hydrogens is 158 g/mol. The quantitative estimate of drug-likeness (QED) is 0.706. The van der Waals surface area contributed by atoms with Gasteiger partial charge in [-0.3, -0.25) is 0 Å². The predicted octanol–water partition coefficient (Wildman–Crippen LogP) is 2.95. The zero-order valence-electron chi connectivity index (χ0n) is 9.27. The third kappa shape index (κ3) is 2.07. The Labute approximate surface area is 82.3 Å². The van der Waals surface area contributed by atoms with Crippen LogP contribution in [0.15, 0.2) is 0 Å². The Morgan fingerprint density at radius 1 is 1.23 bits per heavy atom. The van der Waals surface area contributed by atoms with Crippen LogP contribution in [0.25, 0.3) is 0 Å². The van der Waals surface area contributed by atoms with Crippen molar-refractivity contribution < 1.29 is 0 Å². The number of hydrogen-bond acceptors (Lipinski definition) is 1. The van der Waals surface area contributed by atoms with E-state index in [1.54, 1.807) is 0 Å². The molecule has 1 nitrogen and oxygen atoms in total. The highest BCUT2D eigenvalue weighted by atomic mass is 15.0. The fraction of sp³-hybridized carbons (Fsp3) is 1.00. The maximum absolute atomic E-state index is 3.77. The van der Waals surface area contributed by atoms with Gasteiger partial charge < -0.3 is 5.32 Å². The zero-order chi connectivity index (χ0) is 9.47. The molecule has 0 aliphatic heterocycles. The smallest absolute Gasteiger partial charge is 0.00798 e. The molecule has 2 saturated carbocycles. The fourth-order valence-corrected chi connectivity index (χ4v) is 2.84. The summed E-state index contributed by atoms with van der Waals surface area (Å²) in [5, 5.41) is 3.77. The molecule has 2 aliphatic carbocycles. The Morgan fingerprint density at radius 3 is 2.23 bits per heavy atom. The van der Waals surface area contributed by atoms with E-state index in [0.29, 0.717) is 5.41 Å². The van der Waals surface area contributed by atoms with Crippen LogP contribution in [0.3, 0.4) is 0 Å². The highest BCUT2D eigenvalue weighted by Gasteiger charge is 2.37. The van der Waals surface area contributed by atoms with Crippen LogP contribution >= 0.6 is 0 Å². The molecule has 76 valence electrons. The molecule has 0 bridgehead atoms. The molecule has 0 saturated heterocycles. The lowest BCUT2D eigenvalue weighted by atomic mass is 9.68. The monoisotopic (exact) mass is 181 g/mol. The molecule has 13 heavy (non-hydrogen) atoms. The van der Waals surface area contributed by atoms with E-state index in [9.17, 15) is 0 Å². The van der Waals surface area contributed by atoms with Crippen molar-refractivity contribution in [1.82, 2.24) is 5.32 Å². The summed E-state index contributed by atoms with van der Waals surface area (Å²) in [6.07, 6.45) is 7.15. The molecular formula is C12H23N. The molecule has 0 aromatic carbocycles. The van der Waals surface area contributed by atoms with Crippen LogP contribution in [0, 0.1) is 11.3 Å². The van der Waals surface area contributed by atoms with Crippen molar-refractivity contribution >= 4 is 0 Å². The SMILES string of the molecule is CC(NC1CC(C)(C)C1)C1CCC1. The van der Waals surface area contributed by atoms with Gasteiger partial charge in [0.15, 0.2) is 0 Å². The lowest BCUT2D eigenvalue weighted by Crippen LogP contribution is -2.51. The van der Waals surface area contributed by atoms with Crippen molar-refractivity contribution in [3.05, 3.63) is 0 Å². The van der Waals surface area contributed by atoms with Crippen molar-refractivity contribution in [2.45, 2.75) is 65.0 Å². The van der Waals surface area contributed by atoms with Crippen LogP contribution < -0.4 is 5.32 Å². The first-order chi connectivity index (χ1) is 6.07. The standard InChI is InChI=1S/C12H23N/c1-9(10-5-4-6-10)13-11-7-12(2,3)8-11/h9-11,13H,4-8H2,1-3H3. The Balaban J connectivity index is 1.68. The number of nitrogens with one attached hydrogen (secondary N) is 1.